The first-order valence-electron chi connectivity index (χ1n) is 7.02. The van der Waals surface area contributed by atoms with E-state index in [1.165, 1.54) is 18.2 Å². The zero-order chi connectivity index (χ0) is 15.7. The number of halogens is 2. The molecule has 2 nitrogen and oxygen atoms in total. The Morgan fingerprint density at radius 2 is 2.00 bits per heavy atom. The van der Waals surface area contributed by atoms with Crippen LogP contribution in [-0.4, -0.2) is 4.98 Å². The Hall–Kier alpha value is -2.62. The van der Waals surface area contributed by atoms with Crippen molar-refractivity contribution in [3.8, 4) is 11.5 Å². The number of aryl methyl sites for hydroxylation is 1. The quantitative estimate of drug-likeness (QED) is 0.681. The van der Waals surface area contributed by atoms with Gasteiger partial charge in [-0.05, 0) is 36.2 Å². The SMILES string of the molecule is C=Cc1c(Oc2ccc(F)c(CC)c2)c(F)cc2[nH]ccc12. The number of fused-ring (bicyclic) bond motifs is 1. The molecule has 0 atom stereocenters. The summed E-state index contributed by atoms with van der Waals surface area (Å²) in [5.41, 5.74) is 1.77. The number of nitrogens with one attached hydrogen (secondary N) is 1. The molecular formula is C18H15F2NO. The summed E-state index contributed by atoms with van der Waals surface area (Å²) in [5.74, 6) is -0.293. The van der Waals surface area contributed by atoms with Gasteiger partial charge in [0.25, 0.3) is 0 Å². The molecule has 1 aromatic heterocycles. The molecule has 0 unspecified atom stereocenters. The molecule has 3 rings (SSSR count). The minimum Gasteiger partial charge on any atom is -0.454 e. The molecule has 112 valence electrons. The maximum Gasteiger partial charge on any atom is 0.170 e. The van der Waals surface area contributed by atoms with E-state index in [0.29, 0.717) is 28.8 Å². The molecule has 0 amide bonds. The fourth-order valence-electron chi connectivity index (χ4n) is 2.49. The number of aromatic nitrogens is 1. The van der Waals surface area contributed by atoms with E-state index in [4.69, 9.17) is 4.74 Å². The number of hydrogen-bond donors (Lipinski definition) is 1. The zero-order valence-corrected chi connectivity index (χ0v) is 12.1. The lowest BCUT2D eigenvalue weighted by atomic mass is 10.1. The Balaban J connectivity index is 2.10. The Bertz CT molecular complexity index is 852. The lowest BCUT2D eigenvalue weighted by molar-refractivity contribution is 0.440. The standard InChI is InChI=1S/C18H15F2NO/c1-3-11-9-12(5-6-15(11)19)22-18-13(4-2)14-7-8-21-17(14)10-16(18)20/h4-10,21H,2-3H2,1H3. The van der Waals surface area contributed by atoms with Crippen LogP contribution in [0, 0.1) is 11.6 Å². The van der Waals surface area contributed by atoms with E-state index in [0.717, 1.165) is 5.39 Å². The van der Waals surface area contributed by atoms with Gasteiger partial charge in [-0.2, -0.15) is 0 Å². The second kappa shape index (κ2) is 5.64. The third-order valence-corrected chi connectivity index (χ3v) is 3.62. The molecule has 2 aromatic carbocycles. The maximum atomic E-state index is 14.3. The Labute approximate surface area is 127 Å². The van der Waals surface area contributed by atoms with Gasteiger partial charge in [0.1, 0.15) is 11.6 Å². The molecule has 1 N–H and O–H groups in total. The molecule has 4 heteroatoms. The monoisotopic (exact) mass is 299 g/mol. The van der Waals surface area contributed by atoms with Crippen LogP contribution in [0.15, 0.2) is 43.1 Å². The fraction of sp³-hybridized carbons (Fsp3) is 0.111. The molecular weight excluding hydrogens is 284 g/mol. The number of ether oxygens (including phenoxy) is 1. The number of H-pyrrole nitrogens is 1. The topological polar surface area (TPSA) is 25.0 Å². The van der Waals surface area contributed by atoms with Crippen LogP contribution in [0.4, 0.5) is 8.78 Å². The van der Waals surface area contributed by atoms with Crippen molar-refractivity contribution in [3.63, 3.8) is 0 Å². The van der Waals surface area contributed by atoms with Crippen LogP contribution in [-0.2, 0) is 6.42 Å². The third kappa shape index (κ3) is 2.37. The molecule has 0 fully saturated rings. The number of aromatic amines is 1. The van der Waals surface area contributed by atoms with Gasteiger partial charge in [-0.25, -0.2) is 8.78 Å². The first-order valence-corrected chi connectivity index (χ1v) is 7.02. The molecule has 3 aromatic rings. The summed E-state index contributed by atoms with van der Waals surface area (Å²) < 4.78 is 33.6. The molecule has 0 bridgehead atoms. The molecule has 0 radical (unpaired) electrons. The van der Waals surface area contributed by atoms with Crippen LogP contribution in [0.1, 0.15) is 18.1 Å². The highest BCUT2D eigenvalue weighted by Crippen LogP contribution is 2.35. The maximum absolute atomic E-state index is 14.3. The largest absolute Gasteiger partial charge is 0.454 e. The summed E-state index contributed by atoms with van der Waals surface area (Å²) >= 11 is 0. The van der Waals surface area contributed by atoms with Gasteiger partial charge in [0.05, 0.1) is 0 Å². The van der Waals surface area contributed by atoms with Crippen LogP contribution in [0.3, 0.4) is 0 Å². The van der Waals surface area contributed by atoms with E-state index in [-0.39, 0.29) is 11.6 Å². The summed E-state index contributed by atoms with van der Waals surface area (Å²) in [4.78, 5) is 2.96. The molecule has 0 aliphatic rings. The summed E-state index contributed by atoms with van der Waals surface area (Å²) in [6.07, 6.45) is 3.82. The fourth-order valence-corrected chi connectivity index (χ4v) is 2.49. The zero-order valence-electron chi connectivity index (χ0n) is 12.1. The van der Waals surface area contributed by atoms with Crippen molar-refractivity contribution < 1.29 is 13.5 Å². The highest BCUT2D eigenvalue weighted by atomic mass is 19.1. The molecule has 0 aliphatic heterocycles. The molecule has 0 saturated heterocycles. The first kappa shape index (κ1) is 14.3. The highest BCUT2D eigenvalue weighted by molar-refractivity contribution is 5.91. The van der Waals surface area contributed by atoms with E-state index >= 15 is 0 Å². The second-order valence-electron chi connectivity index (χ2n) is 4.95. The molecule has 1 heterocycles. The van der Waals surface area contributed by atoms with Gasteiger partial charge < -0.3 is 9.72 Å². The van der Waals surface area contributed by atoms with Crippen molar-refractivity contribution >= 4 is 17.0 Å². The summed E-state index contributed by atoms with van der Waals surface area (Å²) in [5, 5.41) is 0.823. The predicted molar refractivity (Wildman–Crippen MR) is 84.2 cm³/mol. The van der Waals surface area contributed by atoms with Gasteiger partial charge in [0, 0.05) is 28.7 Å². The van der Waals surface area contributed by atoms with Crippen molar-refractivity contribution in [2.45, 2.75) is 13.3 Å². The van der Waals surface area contributed by atoms with Crippen LogP contribution in [0.5, 0.6) is 11.5 Å². The predicted octanol–water partition coefficient (Wildman–Crippen LogP) is 5.44. The highest BCUT2D eigenvalue weighted by Gasteiger charge is 2.15. The minimum atomic E-state index is -0.493. The molecule has 0 spiro atoms. The van der Waals surface area contributed by atoms with Gasteiger partial charge in [-0.1, -0.05) is 19.6 Å². The number of hydrogen-bond acceptors (Lipinski definition) is 1. The summed E-state index contributed by atoms with van der Waals surface area (Å²) in [6, 6.07) is 7.61. The normalized spacial score (nSPS) is 10.9. The average molecular weight is 299 g/mol. The summed E-state index contributed by atoms with van der Waals surface area (Å²) in [7, 11) is 0. The summed E-state index contributed by atoms with van der Waals surface area (Å²) in [6.45, 7) is 5.58. The Kier molecular flexibility index (Phi) is 3.67. The average Bonchev–Trinajstić information content (AvgIpc) is 2.97. The molecule has 0 aliphatic carbocycles. The Morgan fingerprint density at radius 1 is 1.18 bits per heavy atom. The lowest BCUT2D eigenvalue weighted by Crippen LogP contribution is -1.95. The smallest absolute Gasteiger partial charge is 0.170 e. The second-order valence-corrected chi connectivity index (χ2v) is 4.95. The van der Waals surface area contributed by atoms with Gasteiger partial charge in [-0.3, -0.25) is 0 Å². The molecule has 0 saturated carbocycles. The number of rotatable bonds is 4. The van der Waals surface area contributed by atoms with E-state index < -0.39 is 5.82 Å². The van der Waals surface area contributed by atoms with Gasteiger partial charge in [0.2, 0.25) is 0 Å². The third-order valence-electron chi connectivity index (χ3n) is 3.62. The van der Waals surface area contributed by atoms with Crippen LogP contribution in [0.2, 0.25) is 0 Å². The van der Waals surface area contributed by atoms with Crippen LogP contribution >= 0.6 is 0 Å². The van der Waals surface area contributed by atoms with Crippen LogP contribution in [0.25, 0.3) is 17.0 Å². The van der Waals surface area contributed by atoms with Crippen LogP contribution < -0.4 is 4.74 Å². The van der Waals surface area contributed by atoms with Crippen molar-refractivity contribution in [1.82, 2.24) is 4.98 Å². The van der Waals surface area contributed by atoms with E-state index in [1.807, 2.05) is 13.0 Å². The van der Waals surface area contributed by atoms with Crippen molar-refractivity contribution in [3.05, 3.63) is 65.9 Å². The van der Waals surface area contributed by atoms with Gasteiger partial charge in [0.15, 0.2) is 11.6 Å². The van der Waals surface area contributed by atoms with Gasteiger partial charge >= 0.3 is 0 Å². The minimum absolute atomic E-state index is 0.0933. The first-order chi connectivity index (χ1) is 10.6. The lowest BCUT2D eigenvalue weighted by Gasteiger charge is -2.12. The van der Waals surface area contributed by atoms with Crippen molar-refractivity contribution in [2.24, 2.45) is 0 Å². The van der Waals surface area contributed by atoms with E-state index in [1.54, 1.807) is 18.3 Å². The van der Waals surface area contributed by atoms with E-state index in [2.05, 4.69) is 11.6 Å². The number of benzene rings is 2. The molecule has 22 heavy (non-hydrogen) atoms. The van der Waals surface area contributed by atoms with E-state index in [9.17, 15) is 8.78 Å². The Morgan fingerprint density at radius 3 is 2.73 bits per heavy atom. The van der Waals surface area contributed by atoms with Crippen molar-refractivity contribution in [1.29, 1.82) is 0 Å². The van der Waals surface area contributed by atoms with Crippen molar-refractivity contribution in [2.75, 3.05) is 0 Å². The van der Waals surface area contributed by atoms with Gasteiger partial charge in [-0.15, -0.1) is 0 Å².